The molecule has 7 nitrogen and oxygen atoms in total. The van der Waals surface area contributed by atoms with Crippen LogP contribution in [-0.2, 0) is 17.8 Å². The van der Waals surface area contributed by atoms with Crippen molar-refractivity contribution in [2.45, 2.75) is 46.6 Å². The molecule has 31 heavy (non-hydrogen) atoms. The van der Waals surface area contributed by atoms with E-state index in [1.54, 1.807) is 29.0 Å². The Morgan fingerprint density at radius 2 is 2.00 bits per heavy atom. The number of fused-ring (bicyclic) bond motifs is 2. The van der Waals surface area contributed by atoms with Crippen LogP contribution in [0.3, 0.4) is 0 Å². The Morgan fingerprint density at radius 3 is 2.77 bits per heavy atom. The van der Waals surface area contributed by atoms with Crippen LogP contribution < -0.4 is 10.2 Å². The second-order valence-corrected chi connectivity index (χ2v) is 10.7. The van der Waals surface area contributed by atoms with Gasteiger partial charge >= 0.3 is 0 Å². The largest absolute Gasteiger partial charge is 0.356 e. The highest BCUT2D eigenvalue weighted by atomic mass is 32.1. The van der Waals surface area contributed by atoms with Crippen molar-refractivity contribution in [1.29, 1.82) is 0 Å². The highest BCUT2D eigenvalue weighted by Crippen LogP contribution is 2.36. The average molecular weight is 457 g/mol. The van der Waals surface area contributed by atoms with Crippen molar-refractivity contribution in [3.8, 4) is 0 Å². The van der Waals surface area contributed by atoms with Crippen LogP contribution >= 0.6 is 22.7 Å². The van der Waals surface area contributed by atoms with E-state index in [4.69, 9.17) is 4.98 Å². The zero-order valence-corrected chi connectivity index (χ0v) is 19.9. The average Bonchev–Trinajstić information content (AvgIpc) is 3.32. The minimum Gasteiger partial charge on any atom is -0.356 e. The van der Waals surface area contributed by atoms with Gasteiger partial charge < -0.3 is 10.2 Å². The first-order valence-electron chi connectivity index (χ1n) is 11.0. The third kappa shape index (κ3) is 3.94. The van der Waals surface area contributed by atoms with Crippen molar-refractivity contribution in [3.63, 3.8) is 0 Å². The number of aryl methyl sites for hydroxylation is 2. The lowest BCUT2D eigenvalue weighted by molar-refractivity contribution is -0.120. The van der Waals surface area contributed by atoms with Crippen molar-refractivity contribution in [3.05, 3.63) is 27.3 Å². The molecule has 2 aliphatic rings. The van der Waals surface area contributed by atoms with E-state index in [2.05, 4.69) is 45.9 Å². The lowest BCUT2D eigenvalue weighted by atomic mass is 9.96. The van der Waals surface area contributed by atoms with Gasteiger partial charge in [0.2, 0.25) is 5.91 Å². The summed E-state index contributed by atoms with van der Waals surface area (Å²) in [6, 6.07) is 0. The molecule has 0 saturated carbocycles. The molecule has 0 aliphatic carbocycles. The van der Waals surface area contributed by atoms with Gasteiger partial charge in [0, 0.05) is 48.3 Å². The molecule has 0 unspecified atom stereocenters. The zero-order chi connectivity index (χ0) is 21.5. The Kier molecular flexibility index (Phi) is 5.66. The van der Waals surface area contributed by atoms with Gasteiger partial charge in [0.05, 0.1) is 11.1 Å². The van der Waals surface area contributed by atoms with E-state index in [1.807, 2.05) is 0 Å². The van der Waals surface area contributed by atoms with Gasteiger partial charge in [-0.25, -0.2) is 15.0 Å². The summed E-state index contributed by atoms with van der Waals surface area (Å²) in [7, 11) is 0. The van der Waals surface area contributed by atoms with Crippen molar-refractivity contribution in [1.82, 2.24) is 19.9 Å². The van der Waals surface area contributed by atoms with E-state index in [0.29, 0.717) is 0 Å². The summed E-state index contributed by atoms with van der Waals surface area (Å²) in [5, 5.41) is 5.04. The SMILES string of the molecule is CCN1CCc2nc(NC(=O)C3CCN(c4ncnc5sc(C)c(C)c45)CC3)sc2C1. The normalized spacial score (nSPS) is 17.8. The molecule has 5 rings (SSSR count). The van der Waals surface area contributed by atoms with E-state index in [0.717, 1.165) is 73.5 Å². The van der Waals surface area contributed by atoms with E-state index in [9.17, 15) is 4.79 Å². The molecule has 3 aromatic rings. The van der Waals surface area contributed by atoms with Crippen LogP contribution in [0.4, 0.5) is 10.9 Å². The first-order chi connectivity index (χ1) is 15.0. The number of nitrogens with zero attached hydrogens (tertiary/aromatic N) is 5. The molecule has 3 aromatic heterocycles. The van der Waals surface area contributed by atoms with Gasteiger partial charge in [-0.1, -0.05) is 6.92 Å². The molecular weight excluding hydrogens is 428 g/mol. The minimum absolute atomic E-state index is 0.0203. The number of carbonyl (C=O) groups excluding carboxylic acids is 1. The summed E-state index contributed by atoms with van der Waals surface area (Å²) < 4.78 is 0. The van der Waals surface area contributed by atoms with Gasteiger partial charge in [0.25, 0.3) is 0 Å². The van der Waals surface area contributed by atoms with Gasteiger partial charge in [0.1, 0.15) is 17.0 Å². The van der Waals surface area contributed by atoms with Crippen molar-refractivity contribution >= 4 is 49.7 Å². The summed E-state index contributed by atoms with van der Waals surface area (Å²) in [4.78, 5) is 35.0. The molecule has 1 N–H and O–H groups in total. The maximum atomic E-state index is 12.9. The number of hydrogen-bond donors (Lipinski definition) is 1. The Hall–Kier alpha value is -2.10. The number of hydrogen-bond acceptors (Lipinski definition) is 8. The molecule has 0 atom stereocenters. The highest BCUT2D eigenvalue weighted by Gasteiger charge is 2.28. The fraction of sp³-hybridized carbons (Fsp3) is 0.545. The molecule has 1 fully saturated rings. The number of anilines is 2. The number of nitrogens with one attached hydrogen (secondary N) is 1. The summed E-state index contributed by atoms with van der Waals surface area (Å²) in [5.74, 6) is 1.14. The van der Waals surface area contributed by atoms with E-state index < -0.39 is 0 Å². The third-order valence-electron chi connectivity index (χ3n) is 6.60. The fourth-order valence-corrected chi connectivity index (χ4v) is 6.58. The second kappa shape index (κ2) is 8.44. The first-order valence-corrected chi connectivity index (χ1v) is 12.6. The maximum Gasteiger partial charge on any atom is 0.229 e. The van der Waals surface area contributed by atoms with Crippen LogP contribution in [-0.4, -0.2) is 51.9 Å². The van der Waals surface area contributed by atoms with Crippen molar-refractivity contribution < 1.29 is 4.79 Å². The first kappa shape index (κ1) is 20.8. The Labute approximate surface area is 190 Å². The van der Waals surface area contributed by atoms with Gasteiger partial charge in [-0.2, -0.15) is 0 Å². The van der Waals surface area contributed by atoms with Crippen molar-refractivity contribution in [2.75, 3.05) is 36.4 Å². The molecule has 0 radical (unpaired) electrons. The number of carbonyl (C=O) groups is 1. The Balaban J connectivity index is 1.23. The smallest absolute Gasteiger partial charge is 0.229 e. The lowest BCUT2D eigenvalue weighted by Gasteiger charge is -2.32. The van der Waals surface area contributed by atoms with Gasteiger partial charge in [-0.3, -0.25) is 9.69 Å². The van der Waals surface area contributed by atoms with Crippen LogP contribution in [0.25, 0.3) is 10.2 Å². The number of amides is 1. The molecule has 0 bridgehead atoms. The molecule has 0 aromatic carbocycles. The summed E-state index contributed by atoms with van der Waals surface area (Å²) in [6.07, 6.45) is 4.29. The maximum absolute atomic E-state index is 12.9. The predicted molar refractivity (Wildman–Crippen MR) is 127 cm³/mol. The monoisotopic (exact) mass is 456 g/mol. The molecule has 164 valence electrons. The van der Waals surface area contributed by atoms with Crippen LogP contribution in [0, 0.1) is 19.8 Å². The van der Waals surface area contributed by atoms with Gasteiger partial charge in [-0.05, 0) is 38.8 Å². The molecule has 0 spiro atoms. The van der Waals surface area contributed by atoms with Crippen LogP contribution in [0.5, 0.6) is 0 Å². The molecule has 9 heteroatoms. The number of thiophene rings is 1. The molecule has 5 heterocycles. The van der Waals surface area contributed by atoms with E-state index >= 15 is 0 Å². The predicted octanol–water partition coefficient (Wildman–Crippen LogP) is 4.00. The minimum atomic E-state index is 0.0203. The standard InChI is InChI=1S/C22H28N6OS2/c1-4-27-8-7-16-17(11-27)31-22(25-16)26-20(29)15-5-9-28(10-6-15)19-18-13(2)14(3)30-21(18)24-12-23-19/h12,15H,4-11H2,1-3H3,(H,25,26,29). The lowest BCUT2D eigenvalue weighted by Crippen LogP contribution is -2.38. The van der Waals surface area contributed by atoms with Gasteiger partial charge in [0.15, 0.2) is 5.13 Å². The fourth-order valence-electron chi connectivity index (χ4n) is 4.54. The zero-order valence-electron chi connectivity index (χ0n) is 18.3. The molecule has 1 amide bonds. The summed E-state index contributed by atoms with van der Waals surface area (Å²) in [5.41, 5.74) is 2.43. The Morgan fingerprint density at radius 1 is 1.19 bits per heavy atom. The van der Waals surface area contributed by atoms with E-state index in [-0.39, 0.29) is 11.8 Å². The van der Waals surface area contributed by atoms with Crippen LogP contribution in [0.2, 0.25) is 0 Å². The third-order valence-corrected chi connectivity index (χ3v) is 8.71. The van der Waals surface area contributed by atoms with Crippen LogP contribution in [0.15, 0.2) is 6.33 Å². The number of likely N-dealkylation sites (N-methyl/N-ethyl adjacent to an activating group) is 1. The molecular formula is C22H28N6OS2. The number of rotatable bonds is 4. The molecule has 2 aliphatic heterocycles. The highest BCUT2D eigenvalue weighted by molar-refractivity contribution is 7.18. The van der Waals surface area contributed by atoms with Crippen LogP contribution in [0.1, 0.15) is 40.8 Å². The topological polar surface area (TPSA) is 74.2 Å². The van der Waals surface area contributed by atoms with Crippen molar-refractivity contribution in [2.24, 2.45) is 5.92 Å². The van der Waals surface area contributed by atoms with Gasteiger partial charge in [-0.15, -0.1) is 22.7 Å². The quantitative estimate of drug-likeness (QED) is 0.640. The van der Waals surface area contributed by atoms with E-state index in [1.165, 1.54) is 20.7 Å². The molecule has 1 saturated heterocycles. The number of aromatic nitrogens is 3. The second-order valence-electron chi connectivity index (χ2n) is 8.42. The Bertz CT molecular complexity index is 1110. The number of thiazole rings is 1. The summed E-state index contributed by atoms with van der Waals surface area (Å²) >= 11 is 3.36. The summed E-state index contributed by atoms with van der Waals surface area (Å²) in [6.45, 7) is 11.2. The number of piperidine rings is 1.